The van der Waals surface area contributed by atoms with Crippen molar-refractivity contribution in [2.24, 2.45) is 0 Å². The van der Waals surface area contributed by atoms with Gasteiger partial charge >= 0.3 is 0 Å². The first-order chi connectivity index (χ1) is 8.09. The summed E-state index contributed by atoms with van der Waals surface area (Å²) in [4.78, 5) is 2.00. The fourth-order valence-corrected chi connectivity index (χ4v) is 2.67. The van der Waals surface area contributed by atoms with E-state index in [1.807, 2.05) is 18.0 Å². The Kier molecular flexibility index (Phi) is 3.79. The van der Waals surface area contributed by atoms with E-state index in [9.17, 15) is 9.50 Å². The lowest BCUT2D eigenvalue weighted by atomic mass is 10.0. The zero-order valence-corrected chi connectivity index (χ0v) is 10.3. The molecule has 0 bridgehead atoms. The second kappa shape index (κ2) is 5.15. The van der Waals surface area contributed by atoms with Gasteiger partial charge in [0.05, 0.1) is 5.60 Å². The van der Waals surface area contributed by atoms with Gasteiger partial charge in [0, 0.05) is 18.7 Å². The Hall–Kier alpha value is -0.930. The average molecular weight is 237 g/mol. The Morgan fingerprint density at radius 2 is 1.94 bits per heavy atom. The van der Waals surface area contributed by atoms with Crippen molar-refractivity contribution >= 4 is 0 Å². The Bertz CT molecular complexity index is 374. The molecule has 17 heavy (non-hydrogen) atoms. The number of nitrogens with zero attached hydrogens (tertiary/aromatic N) is 1. The van der Waals surface area contributed by atoms with Gasteiger partial charge in [-0.25, -0.2) is 4.39 Å². The SMILES string of the molecule is CN(Cc1ccccc1F)CC1(O)CCCC1. The number of hydrogen-bond donors (Lipinski definition) is 1. The van der Waals surface area contributed by atoms with Gasteiger partial charge in [-0.05, 0) is 26.0 Å². The van der Waals surface area contributed by atoms with Gasteiger partial charge in [0.15, 0.2) is 0 Å². The topological polar surface area (TPSA) is 23.5 Å². The van der Waals surface area contributed by atoms with Crippen molar-refractivity contribution in [1.82, 2.24) is 4.90 Å². The zero-order valence-electron chi connectivity index (χ0n) is 10.3. The zero-order chi connectivity index (χ0) is 12.3. The Labute approximate surface area is 102 Å². The largest absolute Gasteiger partial charge is 0.389 e. The van der Waals surface area contributed by atoms with Gasteiger partial charge in [0.2, 0.25) is 0 Å². The standard InChI is InChI=1S/C14H20FNO/c1-16(11-14(17)8-4-5-9-14)10-12-6-2-3-7-13(12)15/h2-3,6-7,17H,4-5,8-11H2,1H3. The highest BCUT2D eigenvalue weighted by Gasteiger charge is 2.32. The maximum absolute atomic E-state index is 13.5. The molecule has 0 aromatic heterocycles. The smallest absolute Gasteiger partial charge is 0.127 e. The Morgan fingerprint density at radius 3 is 2.59 bits per heavy atom. The molecule has 0 saturated heterocycles. The molecule has 1 aliphatic carbocycles. The molecular formula is C14H20FNO. The molecular weight excluding hydrogens is 217 g/mol. The molecule has 2 nitrogen and oxygen atoms in total. The minimum Gasteiger partial charge on any atom is -0.389 e. The van der Waals surface area contributed by atoms with Crippen molar-refractivity contribution < 1.29 is 9.50 Å². The number of aliphatic hydroxyl groups is 1. The summed E-state index contributed by atoms with van der Waals surface area (Å²) in [6.45, 7) is 1.18. The minimum absolute atomic E-state index is 0.169. The first-order valence-corrected chi connectivity index (χ1v) is 6.23. The van der Waals surface area contributed by atoms with E-state index in [-0.39, 0.29) is 5.82 Å². The number of hydrogen-bond acceptors (Lipinski definition) is 2. The summed E-state index contributed by atoms with van der Waals surface area (Å²) >= 11 is 0. The van der Waals surface area contributed by atoms with Crippen LogP contribution in [-0.4, -0.2) is 29.2 Å². The summed E-state index contributed by atoms with van der Waals surface area (Å²) in [5.74, 6) is -0.169. The van der Waals surface area contributed by atoms with Crippen LogP contribution in [0.25, 0.3) is 0 Å². The van der Waals surface area contributed by atoms with Gasteiger partial charge in [-0.3, -0.25) is 4.90 Å². The summed E-state index contributed by atoms with van der Waals surface area (Å²) in [7, 11) is 1.93. The molecule has 1 saturated carbocycles. The van der Waals surface area contributed by atoms with Gasteiger partial charge < -0.3 is 5.11 Å². The van der Waals surface area contributed by atoms with E-state index in [1.165, 1.54) is 6.07 Å². The number of halogens is 1. The highest BCUT2D eigenvalue weighted by molar-refractivity contribution is 5.17. The predicted octanol–water partition coefficient (Wildman–Crippen LogP) is 2.56. The van der Waals surface area contributed by atoms with E-state index in [0.717, 1.165) is 25.7 Å². The van der Waals surface area contributed by atoms with Crippen molar-refractivity contribution in [2.75, 3.05) is 13.6 Å². The minimum atomic E-state index is -0.556. The lowest BCUT2D eigenvalue weighted by molar-refractivity contribution is 0.0143. The van der Waals surface area contributed by atoms with Crippen molar-refractivity contribution in [3.8, 4) is 0 Å². The molecule has 1 fully saturated rings. The molecule has 0 unspecified atom stereocenters. The van der Waals surface area contributed by atoms with Gasteiger partial charge in [0.1, 0.15) is 5.82 Å². The van der Waals surface area contributed by atoms with Gasteiger partial charge in [-0.15, -0.1) is 0 Å². The molecule has 2 rings (SSSR count). The maximum atomic E-state index is 13.5. The number of rotatable bonds is 4. The maximum Gasteiger partial charge on any atom is 0.127 e. The molecule has 94 valence electrons. The number of benzene rings is 1. The lowest BCUT2D eigenvalue weighted by Gasteiger charge is -2.28. The van der Waals surface area contributed by atoms with Crippen molar-refractivity contribution in [1.29, 1.82) is 0 Å². The lowest BCUT2D eigenvalue weighted by Crippen LogP contribution is -2.38. The fraction of sp³-hybridized carbons (Fsp3) is 0.571. The summed E-state index contributed by atoms with van der Waals surface area (Å²) < 4.78 is 13.5. The normalized spacial score (nSPS) is 18.8. The molecule has 3 heteroatoms. The van der Waals surface area contributed by atoms with Gasteiger partial charge in [-0.2, -0.15) is 0 Å². The van der Waals surface area contributed by atoms with Crippen LogP contribution in [0.4, 0.5) is 4.39 Å². The summed E-state index contributed by atoms with van der Waals surface area (Å²) in [6, 6.07) is 6.82. The third kappa shape index (κ3) is 3.27. The van der Waals surface area contributed by atoms with Crippen molar-refractivity contribution in [2.45, 2.75) is 37.8 Å². The van der Waals surface area contributed by atoms with E-state index < -0.39 is 5.60 Å². The third-order valence-corrected chi connectivity index (χ3v) is 3.50. The molecule has 1 aliphatic rings. The highest BCUT2D eigenvalue weighted by atomic mass is 19.1. The van der Waals surface area contributed by atoms with Crippen LogP contribution < -0.4 is 0 Å². The monoisotopic (exact) mass is 237 g/mol. The first-order valence-electron chi connectivity index (χ1n) is 6.23. The second-order valence-corrected chi connectivity index (χ2v) is 5.20. The van der Waals surface area contributed by atoms with E-state index in [0.29, 0.717) is 18.7 Å². The molecule has 1 N–H and O–H groups in total. The molecule has 1 aromatic rings. The average Bonchev–Trinajstić information content (AvgIpc) is 2.68. The van der Waals surface area contributed by atoms with Gasteiger partial charge in [-0.1, -0.05) is 31.0 Å². The third-order valence-electron chi connectivity index (χ3n) is 3.50. The van der Waals surface area contributed by atoms with Crippen LogP contribution in [-0.2, 0) is 6.54 Å². The van der Waals surface area contributed by atoms with Crippen molar-refractivity contribution in [3.63, 3.8) is 0 Å². The van der Waals surface area contributed by atoms with E-state index >= 15 is 0 Å². The van der Waals surface area contributed by atoms with Crippen LogP contribution in [0.2, 0.25) is 0 Å². The molecule has 0 aliphatic heterocycles. The fourth-order valence-electron chi connectivity index (χ4n) is 2.67. The summed E-state index contributed by atoms with van der Waals surface area (Å²) in [6.07, 6.45) is 3.94. The molecule has 0 atom stereocenters. The highest BCUT2D eigenvalue weighted by Crippen LogP contribution is 2.30. The van der Waals surface area contributed by atoms with E-state index in [4.69, 9.17) is 0 Å². The molecule has 0 amide bonds. The van der Waals surface area contributed by atoms with Crippen LogP contribution in [0.1, 0.15) is 31.2 Å². The Balaban J connectivity index is 1.93. The second-order valence-electron chi connectivity index (χ2n) is 5.20. The van der Waals surface area contributed by atoms with Crippen LogP contribution in [0.3, 0.4) is 0 Å². The molecule has 0 radical (unpaired) electrons. The van der Waals surface area contributed by atoms with Crippen LogP contribution in [0.5, 0.6) is 0 Å². The van der Waals surface area contributed by atoms with E-state index in [2.05, 4.69) is 0 Å². The van der Waals surface area contributed by atoms with Crippen LogP contribution >= 0.6 is 0 Å². The van der Waals surface area contributed by atoms with Crippen LogP contribution in [0.15, 0.2) is 24.3 Å². The first kappa shape index (κ1) is 12.5. The molecule has 0 heterocycles. The van der Waals surface area contributed by atoms with Crippen molar-refractivity contribution in [3.05, 3.63) is 35.6 Å². The summed E-state index contributed by atoms with van der Waals surface area (Å²) in [5, 5.41) is 10.3. The number of likely N-dealkylation sites (N-methyl/N-ethyl adjacent to an activating group) is 1. The molecule has 1 aromatic carbocycles. The molecule has 0 spiro atoms. The van der Waals surface area contributed by atoms with E-state index in [1.54, 1.807) is 12.1 Å². The van der Waals surface area contributed by atoms with Crippen LogP contribution in [0, 0.1) is 5.82 Å². The Morgan fingerprint density at radius 1 is 1.29 bits per heavy atom. The predicted molar refractivity (Wildman–Crippen MR) is 66.2 cm³/mol. The summed E-state index contributed by atoms with van der Waals surface area (Å²) in [5.41, 5.74) is 0.136. The quantitative estimate of drug-likeness (QED) is 0.870. The van der Waals surface area contributed by atoms with Gasteiger partial charge in [0.25, 0.3) is 0 Å².